The van der Waals surface area contributed by atoms with E-state index in [1.54, 1.807) is 0 Å². The molecular formula is C32H34O18. The van der Waals surface area contributed by atoms with Gasteiger partial charge in [-0.3, -0.25) is 19.2 Å². The summed E-state index contributed by atoms with van der Waals surface area (Å²) in [5.41, 5.74) is -1.05. The van der Waals surface area contributed by atoms with E-state index in [1.807, 2.05) is 0 Å². The van der Waals surface area contributed by atoms with Crippen molar-refractivity contribution < 1.29 is 82.6 Å². The highest BCUT2D eigenvalue weighted by Crippen LogP contribution is 2.37. The van der Waals surface area contributed by atoms with Gasteiger partial charge < -0.3 is 68.2 Å². The first-order chi connectivity index (χ1) is 23.6. The van der Waals surface area contributed by atoms with Crippen molar-refractivity contribution in [3.05, 3.63) is 46.6 Å². The van der Waals surface area contributed by atoms with Crippen LogP contribution >= 0.6 is 0 Å². The number of esters is 3. The summed E-state index contributed by atoms with van der Waals surface area (Å²) in [6, 6.07) is 7.24. The van der Waals surface area contributed by atoms with Crippen LogP contribution in [0.15, 0.2) is 45.6 Å². The van der Waals surface area contributed by atoms with Gasteiger partial charge in [0.15, 0.2) is 30.4 Å². The highest BCUT2D eigenvalue weighted by molar-refractivity contribution is 5.88. The molecule has 2 aromatic carbocycles. The van der Waals surface area contributed by atoms with Crippen molar-refractivity contribution in [3.8, 4) is 34.3 Å². The number of ether oxygens (including phenoxy) is 7. The minimum absolute atomic E-state index is 0.125. The van der Waals surface area contributed by atoms with Gasteiger partial charge in [0, 0.05) is 38.5 Å². The first kappa shape index (κ1) is 36.3. The van der Waals surface area contributed by atoms with Crippen LogP contribution in [0.2, 0.25) is 0 Å². The summed E-state index contributed by atoms with van der Waals surface area (Å²) >= 11 is 0. The molecule has 0 bridgehead atoms. The van der Waals surface area contributed by atoms with Gasteiger partial charge in [-0.1, -0.05) is 0 Å². The summed E-state index contributed by atoms with van der Waals surface area (Å²) in [4.78, 5) is 49.2. The Morgan fingerprint density at radius 1 is 0.800 bits per heavy atom. The number of aromatic hydroxyl groups is 3. The molecule has 2 fully saturated rings. The summed E-state index contributed by atoms with van der Waals surface area (Å²) in [6.07, 6.45) is -14.7. The lowest BCUT2D eigenvalue weighted by Crippen LogP contribution is -2.62. The third-order valence-electron chi connectivity index (χ3n) is 7.68. The van der Waals surface area contributed by atoms with Crippen LogP contribution in [0.1, 0.15) is 20.8 Å². The van der Waals surface area contributed by atoms with Gasteiger partial charge in [-0.2, -0.15) is 0 Å². The van der Waals surface area contributed by atoms with Crippen LogP contribution in [0.5, 0.6) is 23.0 Å². The lowest BCUT2D eigenvalue weighted by molar-refractivity contribution is -0.310. The van der Waals surface area contributed by atoms with E-state index in [2.05, 4.69) is 0 Å². The van der Waals surface area contributed by atoms with Crippen molar-refractivity contribution >= 4 is 28.9 Å². The minimum atomic E-state index is -1.98. The number of aliphatic hydroxyl groups excluding tert-OH is 3. The molecule has 0 aliphatic carbocycles. The van der Waals surface area contributed by atoms with Crippen LogP contribution in [0.4, 0.5) is 0 Å². The van der Waals surface area contributed by atoms with Crippen molar-refractivity contribution in [1.82, 2.24) is 0 Å². The van der Waals surface area contributed by atoms with E-state index in [-0.39, 0.29) is 29.3 Å². The molecule has 2 aliphatic rings. The zero-order chi connectivity index (χ0) is 36.4. The number of aliphatic hydroxyl groups is 3. The lowest BCUT2D eigenvalue weighted by Gasteiger charge is -2.42. The number of phenolic OH excluding ortho intramolecular Hbond substituents is 3. The van der Waals surface area contributed by atoms with E-state index in [0.29, 0.717) is 0 Å². The fourth-order valence-corrected chi connectivity index (χ4v) is 5.49. The fraction of sp³-hybridized carbons (Fsp3) is 0.438. The van der Waals surface area contributed by atoms with Crippen LogP contribution in [0, 0.1) is 0 Å². The van der Waals surface area contributed by atoms with Gasteiger partial charge in [0.1, 0.15) is 52.6 Å². The Bertz CT molecular complexity index is 1790. The van der Waals surface area contributed by atoms with E-state index < -0.39 is 108 Å². The van der Waals surface area contributed by atoms with E-state index in [0.717, 1.165) is 32.9 Å². The maximum atomic E-state index is 13.7. The third kappa shape index (κ3) is 7.75. The van der Waals surface area contributed by atoms with Crippen LogP contribution in [-0.4, -0.2) is 117 Å². The van der Waals surface area contributed by atoms with Gasteiger partial charge in [-0.25, -0.2) is 0 Å². The van der Waals surface area contributed by atoms with Crippen LogP contribution < -0.4 is 10.2 Å². The first-order valence-electron chi connectivity index (χ1n) is 15.1. The van der Waals surface area contributed by atoms with Gasteiger partial charge in [-0.05, 0) is 24.3 Å². The molecule has 0 spiro atoms. The molecule has 5 rings (SSSR count). The molecule has 9 atom stereocenters. The Morgan fingerprint density at radius 2 is 1.44 bits per heavy atom. The molecule has 270 valence electrons. The zero-order valence-corrected chi connectivity index (χ0v) is 26.7. The number of carbonyl (C=O) groups is 3. The van der Waals surface area contributed by atoms with Crippen LogP contribution in [0.3, 0.4) is 0 Å². The second kappa shape index (κ2) is 14.9. The molecule has 1 aromatic heterocycles. The normalized spacial score (nSPS) is 28.1. The molecule has 6 N–H and O–H groups in total. The fourth-order valence-electron chi connectivity index (χ4n) is 5.49. The zero-order valence-electron chi connectivity index (χ0n) is 26.7. The highest BCUT2D eigenvalue weighted by Gasteiger charge is 2.50. The quantitative estimate of drug-likeness (QED) is 0.126. The molecule has 0 amide bonds. The molecule has 2 saturated heterocycles. The predicted molar refractivity (Wildman–Crippen MR) is 163 cm³/mol. The van der Waals surface area contributed by atoms with E-state index in [9.17, 15) is 49.8 Å². The minimum Gasteiger partial charge on any atom is -0.508 e. The molecule has 2 aliphatic heterocycles. The maximum absolute atomic E-state index is 13.7. The monoisotopic (exact) mass is 706 g/mol. The molecule has 0 saturated carbocycles. The number of hydrogen-bond donors (Lipinski definition) is 6. The summed E-state index contributed by atoms with van der Waals surface area (Å²) < 4.78 is 44.4. The second-order valence-electron chi connectivity index (χ2n) is 11.4. The van der Waals surface area contributed by atoms with Crippen LogP contribution in [0.25, 0.3) is 22.3 Å². The number of benzene rings is 2. The number of carbonyl (C=O) groups excluding carboxylic acids is 3. The smallest absolute Gasteiger partial charge is 0.303 e. The highest BCUT2D eigenvalue weighted by atomic mass is 16.7. The Labute approximate surface area is 281 Å². The maximum Gasteiger partial charge on any atom is 0.303 e. The van der Waals surface area contributed by atoms with E-state index in [4.69, 9.17) is 37.6 Å². The Morgan fingerprint density at radius 3 is 2.08 bits per heavy atom. The number of phenols is 3. The van der Waals surface area contributed by atoms with Gasteiger partial charge in [-0.15, -0.1) is 0 Å². The SMILES string of the molecule is CC(=O)O[C@@H]1[C@@H](OC(C)=O)[C@H](OC[C@H]2O[C@@H](Oc3c(-c4ccc(O)cc4)oc4cc(O)cc(O)c4c3=O)[C@H](O)[C@@H](O)[C@@H]2O)OC[C@@H]1OC(C)=O. The Balaban J connectivity index is 1.43. The summed E-state index contributed by atoms with van der Waals surface area (Å²) in [6.45, 7) is 2.23. The van der Waals surface area contributed by atoms with Crippen molar-refractivity contribution in [1.29, 1.82) is 0 Å². The van der Waals surface area contributed by atoms with Crippen molar-refractivity contribution in [2.45, 2.75) is 76.1 Å². The average molecular weight is 707 g/mol. The van der Waals surface area contributed by atoms with Gasteiger partial charge in [0.25, 0.3) is 0 Å². The van der Waals surface area contributed by atoms with Gasteiger partial charge in [0.05, 0.1) is 13.2 Å². The van der Waals surface area contributed by atoms with E-state index >= 15 is 0 Å². The Kier molecular flexibility index (Phi) is 10.8. The number of rotatable bonds is 9. The molecule has 0 radical (unpaired) electrons. The number of hydrogen-bond acceptors (Lipinski definition) is 18. The topological polar surface area (TPSA) is 267 Å². The van der Waals surface area contributed by atoms with Gasteiger partial charge >= 0.3 is 17.9 Å². The largest absolute Gasteiger partial charge is 0.508 e. The molecule has 3 heterocycles. The molecule has 18 nitrogen and oxygen atoms in total. The summed E-state index contributed by atoms with van der Waals surface area (Å²) in [5.74, 6) is -4.50. The second-order valence-corrected chi connectivity index (χ2v) is 11.4. The molecule has 3 aromatic rings. The first-order valence-corrected chi connectivity index (χ1v) is 15.1. The molecular weight excluding hydrogens is 672 g/mol. The van der Waals surface area contributed by atoms with Gasteiger partial charge in [0.2, 0.25) is 17.5 Å². The Hall–Kier alpha value is -4.98. The molecule has 18 heteroatoms. The summed E-state index contributed by atoms with van der Waals surface area (Å²) in [7, 11) is 0. The van der Waals surface area contributed by atoms with Crippen molar-refractivity contribution in [2.24, 2.45) is 0 Å². The lowest BCUT2D eigenvalue weighted by atomic mass is 9.99. The van der Waals surface area contributed by atoms with Crippen molar-refractivity contribution in [3.63, 3.8) is 0 Å². The standard InChI is InChI=1S/C32H34O18/c1-12(33)45-21-11-44-32(30(47-14(3)35)28(21)46-13(2)34)43-10-20-23(39)25(41)26(42)31(49-20)50-29-24(40)22-18(38)8-17(37)9-19(22)48-27(29)15-4-6-16(36)7-5-15/h4-9,20-21,23,25-26,28,30-32,36-39,41-42H,10-11H2,1-3H3/t20-,21+,23-,25+,26-,28+,30-,31+,32-/m1/s1. The van der Waals surface area contributed by atoms with E-state index in [1.165, 1.54) is 24.3 Å². The number of fused-ring (bicyclic) bond motifs is 1. The summed E-state index contributed by atoms with van der Waals surface area (Å²) in [5, 5.41) is 62.2. The van der Waals surface area contributed by atoms with Crippen LogP contribution in [-0.2, 0) is 42.8 Å². The predicted octanol–water partition coefficient (Wildman–Crippen LogP) is -0.0688. The van der Waals surface area contributed by atoms with Crippen molar-refractivity contribution in [2.75, 3.05) is 13.2 Å². The average Bonchev–Trinajstić information content (AvgIpc) is 3.03. The molecule has 0 unspecified atom stereocenters. The third-order valence-corrected chi connectivity index (χ3v) is 7.68. The molecule has 50 heavy (non-hydrogen) atoms.